The normalized spacial score (nSPS) is 20.0. The summed E-state index contributed by atoms with van der Waals surface area (Å²) in [4.78, 5) is 13.6. The average Bonchev–Trinajstić information content (AvgIpc) is 2.96. The molecule has 0 saturated heterocycles. The fourth-order valence-corrected chi connectivity index (χ4v) is 3.50. The highest BCUT2D eigenvalue weighted by atomic mass is 32.1. The van der Waals surface area contributed by atoms with Gasteiger partial charge >= 0.3 is 0 Å². The molecule has 1 aromatic heterocycles. The summed E-state index contributed by atoms with van der Waals surface area (Å²) in [5.41, 5.74) is 5.56. The van der Waals surface area contributed by atoms with Crippen molar-refractivity contribution in [2.75, 3.05) is 0 Å². The van der Waals surface area contributed by atoms with Crippen molar-refractivity contribution in [3.8, 4) is 0 Å². The van der Waals surface area contributed by atoms with E-state index in [0.29, 0.717) is 5.92 Å². The monoisotopic (exact) mass is 266 g/mol. The molecule has 1 heterocycles. The molecule has 0 radical (unpaired) electrons. The minimum absolute atomic E-state index is 0.0205. The van der Waals surface area contributed by atoms with Gasteiger partial charge in [0.15, 0.2) is 0 Å². The van der Waals surface area contributed by atoms with Gasteiger partial charge in [0.1, 0.15) is 0 Å². The van der Waals surface area contributed by atoms with Crippen LogP contribution in [0.1, 0.15) is 50.4 Å². The summed E-state index contributed by atoms with van der Waals surface area (Å²) in [7, 11) is 0. The first-order valence-electron chi connectivity index (χ1n) is 6.66. The minimum Gasteiger partial charge on any atom is -0.347 e. The Bertz CT molecular complexity index is 394. The largest absolute Gasteiger partial charge is 0.347 e. The van der Waals surface area contributed by atoms with Crippen LogP contribution in [0.3, 0.4) is 0 Å². The first-order valence-corrected chi connectivity index (χ1v) is 7.54. The number of nitrogens with one attached hydrogen (secondary N) is 1. The van der Waals surface area contributed by atoms with E-state index in [1.807, 2.05) is 11.4 Å². The first kappa shape index (κ1) is 13.6. The van der Waals surface area contributed by atoms with E-state index in [1.54, 1.807) is 11.3 Å². The van der Waals surface area contributed by atoms with E-state index in [-0.39, 0.29) is 11.9 Å². The summed E-state index contributed by atoms with van der Waals surface area (Å²) in [6.07, 6.45) is 3.76. The Hall–Kier alpha value is -0.870. The van der Waals surface area contributed by atoms with Gasteiger partial charge in [-0.3, -0.25) is 4.79 Å². The van der Waals surface area contributed by atoms with Crippen LogP contribution in [0.4, 0.5) is 0 Å². The van der Waals surface area contributed by atoms with Gasteiger partial charge in [0, 0.05) is 4.88 Å². The molecule has 1 amide bonds. The van der Waals surface area contributed by atoms with Gasteiger partial charge in [0.05, 0.1) is 11.6 Å². The second kappa shape index (κ2) is 5.41. The quantitative estimate of drug-likeness (QED) is 0.880. The lowest BCUT2D eigenvalue weighted by molar-refractivity contribution is -0.127. The third-order valence-electron chi connectivity index (χ3n) is 3.75. The van der Waals surface area contributed by atoms with Crippen molar-refractivity contribution in [3.05, 3.63) is 22.4 Å². The van der Waals surface area contributed by atoms with Crippen molar-refractivity contribution in [1.29, 1.82) is 0 Å². The first-order chi connectivity index (χ1) is 8.53. The number of amides is 1. The predicted molar refractivity (Wildman–Crippen MR) is 75.4 cm³/mol. The van der Waals surface area contributed by atoms with E-state index in [0.717, 1.165) is 25.7 Å². The summed E-state index contributed by atoms with van der Waals surface area (Å²) in [5.74, 6) is 0.393. The highest BCUT2D eigenvalue weighted by Crippen LogP contribution is 2.30. The van der Waals surface area contributed by atoms with Crippen LogP contribution < -0.4 is 11.1 Å². The van der Waals surface area contributed by atoms with Crippen LogP contribution in [0.2, 0.25) is 0 Å². The number of rotatable bonds is 4. The second-order valence-corrected chi connectivity index (χ2v) is 6.55. The Morgan fingerprint density at radius 1 is 1.44 bits per heavy atom. The van der Waals surface area contributed by atoms with E-state index in [1.165, 1.54) is 4.88 Å². The molecule has 18 heavy (non-hydrogen) atoms. The van der Waals surface area contributed by atoms with Crippen LogP contribution in [0.5, 0.6) is 0 Å². The van der Waals surface area contributed by atoms with Gasteiger partial charge in [0.2, 0.25) is 5.91 Å². The van der Waals surface area contributed by atoms with Crippen molar-refractivity contribution < 1.29 is 4.79 Å². The molecule has 3 nitrogen and oxygen atoms in total. The maximum Gasteiger partial charge on any atom is 0.240 e. The van der Waals surface area contributed by atoms with Gasteiger partial charge in [-0.15, -0.1) is 11.3 Å². The van der Waals surface area contributed by atoms with Gasteiger partial charge in [-0.25, -0.2) is 0 Å². The molecule has 1 aromatic rings. The zero-order valence-electron chi connectivity index (χ0n) is 11.1. The number of hydrogen-bond acceptors (Lipinski definition) is 3. The van der Waals surface area contributed by atoms with Gasteiger partial charge < -0.3 is 11.1 Å². The molecule has 2 rings (SSSR count). The summed E-state index contributed by atoms with van der Waals surface area (Å²) in [6.45, 7) is 4.25. The van der Waals surface area contributed by atoms with Crippen molar-refractivity contribution in [3.63, 3.8) is 0 Å². The van der Waals surface area contributed by atoms with E-state index < -0.39 is 5.54 Å². The number of carbonyl (C=O) groups is 1. The smallest absolute Gasteiger partial charge is 0.240 e. The molecule has 1 unspecified atom stereocenters. The molecule has 1 saturated carbocycles. The zero-order chi connectivity index (χ0) is 13.2. The van der Waals surface area contributed by atoms with Crippen molar-refractivity contribution in [1.82, 2.24) is 5.32 Å². The molecular weight excluding hydrogens is 244 g/mol. The van der Waals surface area contributed by atoms with Crippen LogP contribution in [-0.4, -0.2) is 11.4 Å². The lowest BCUT2D eigenvalue weighted by Crippen LogP contribution is -2.53. The molecule has 1 aliphatic carbocycles. The van der Waals surface area contributed by atoms with Crippen molar-refractivity contribution in [2.45, 2.75) is 51.1 Å². The summed E-state index contributed by atoms with van der Waals surface area (Å²) < 4.78 is 0. The van der Waals surface area contributed by atoms with Gasteiger partial charge in [0.25, 0.3) is 0 Å². The molecule has 1 atom stereocenters. The van der Waals surface area contributed by atoms with E-state index in [9.17, 15) is 4.79 Å². The Balaban J connectivity index is 2.08. The molecule has 4 heteroatoms. The van der Waals surface area contributed by atoms with Crippen LogP contribution >= 0.6 is 11.3 Å². The molecular formula is C14H22N2OS. The Labute approximate surface area is 113 Å². The van der Waals surface area contributed by atoms with Crippen molar-refractivity contribution in [2.24, 2.45) is 11.7 Å². The lowest BCUT2D eigenvalue weighted by Gasteiger charge is -2.28. The zero-order valence-corrected chi connectivity index (χ0v) is 11.9. The Morgan fingerprint density at radius 2 is 2.11 bits per heavy atom. The summed E-state index contributed by atoms with van der Waals surface area (Å²) in [6, 6.07) is 4.18. The van der Waals surface area contributed by atoms with Crippen LogP contribution in [0.25, 0.3) is 0 Å². The molecule has 100 valence electrons. The summed E-state index contributed by atoms with van der Waals surface area (Å²) >= 11 is 1.69. The number of thiophene rings is 1. The van der Waals surface area contributed by atoms with E-state index in [2.05, 4.69) is 25.2 Å². The van der Waals surface area contributed by atoms with Gasteiger partial charge in [-0.1, -0.05) is 32.8 Å². The molecule has 0 spiro atoms. The molecule has 3 N–H and O–H groups in total. The maximum atomic E-state index is 12.3. The van der Waals surface area contributed by atoms with Gasteiger partial charge in [-0.05, 0) is 30.2 Å². The molecule has 0 bridgehead atoms. The minimum atomic E-state index is -0.635. The van der Waals surface area contributed by atoms with Gasteiger partial charge in [-0.2, -0.15) is 0 Å². The summed E-state index contributed by atoms with van der Waals surface area (Å²) in [5, 5.41) is 5.19. The topological polar surface area (TPSA) is 55.1 Å². The lowest BCUT2D eigenvalue weighted by atomic mass is 9.95. The predicted octanol–water partition coefficient (Wildman–Crippen LogP) is 2.83. The molecule has 0 aromatic carbocycles. The maximum absolute atomic E-state index is 12.3. The third-order valence-corrected chi connectivity index (χ3v) is 4.71. The molecule has 1 fully saturated rings. The molecule has 0 aliphatic heterocycles. The number of carbonyl (C=O) groups excluding carboxylic acids is 1. The highest BCUT2D eigenvalue weighted by molar-refractivity contribution is 7.10. The van der Waals surface area contributed by atoms with E-state index in [4.69, 9.17) is 5.73 Å². The Morgan fingerprint density at radius 3 is 2.61 bits per heavy atom. The van der Waals surface area contributed by atoms with Crippen LogP contribution in [0.15, 0.2) is 17.5 Å². The van der Waals surface area contributed by atoms with Crippen LogP contribution in [0, 0.1) is 5.92 Å². The van der Waals surface area contributed by atoms with Crippen molar-refractivity contribution >= 4 is 17.2 Å². The molecule has 1 aliphatic rings. The van der Waals surface area contributed by atoms with Crippen LogP contribution in [-0.2, 0) is 4.79 Å². The number of nitrogens with two attached hydrogens (primary N) is 1. The fraction of sp³-hybridized carbons (Fsp3) is 0.643. The number of hydrogen-bond donors (Lipinski definition) is 2. The van der Waals surface area contributed by atoms with E-state index >= 15 is 0 Å². The average molecular weight is 266 g/mol. The highest BCUT2D eigenvalue weighted by Gasteiger charge is 2.38. The second-order valence-electron chi connectivity index (χ2n) is 5.57. The standard InChI is InChI=1S/C14H22N2OS/c1-10(2)12(11-6-5-9-18-11)16-13(17)14(15)7-3-4-8-14/h5-6,9-10,12H,3-4,7-8,15H2,1-2H3,(H,16,17). The third kappa shape index (κ3) is 2.75. The fourth-order valence-electron chi connectivity index (χ4n) is 2.55. The Kier molecular flexibility index (Phi) is 4.07. The SMILES string of the molecule is CC(C)C(NC(=O)C1(N)CCCC1)c1cccs1.